The van der Waals surface area contributed by atoms with Crippen LogP contribution in [0.25, 0.3) is 0 Å². The summed E-state index contributed by atoms with van der Waals surface area (Å²) in [5.41, 5.74) is 3.44. The van der Waals surface area contributed by atoms with Crippen LogP contribution in [-0.2, 0) is 19.3 Å². The van der Waals surface area contributed by atoms with Crippen molar-refractivity contribution in [3.05, 3.63) is 69.8 Å². The average Bonchev–Trinajstić information content (AvgIpc) is 2.68. The molecule has 0 saturated carbocycles. The monoisotopic (exact) mass is 367 g/mol. The number of hydrogen-bond acceptors (Lipinski definition) is 1. The van der Waals surface area contributed by atoms with Crippen LogP contribution in [0.15, 0.2) is 30.3 Å². The Balaban J connectivity index is 1.67. The lowest BCUT2D eigenvalue weighted by Crippen LogP contribution is -2.16. The second kappa shape index (κ2) is 9.13. The fourth-order valence-corrected chi connectivity index (χ4v) is 4.15. The predicted octanol–water partition coefficient (Wildman–Crippen LogP) is 6.62. The van der Waals surface area contributed by atoms with E-state index in [1.54, 1.807) is 6.07 Å². The summed E-state index contributed by atoms with van der Waals surface area (Å²) in [5, 5.41) is 8.98. The second-order valence-electron chi connectivity index (χ2n) is 7.64. The maximum Gasteiger partial charge on any atom is 0.144 e. The van der Waals surface area contributed by atoms with Gasteiger partial charge in [0.1, 0.15) is 17.7 Å². The van der Waals surface area contributed by atoms with Crippen molar-refractivity contribution in [2.24, 2.45) is 0 Å². The minimum Gasteiger partial charge on any atom is -0.207 e. The van der Waals surface area contributed by atoms with Gasteiger partial charge in [0, 0.05) is 0 Å². The van der Waals surface area contributed by atoms with E-state index in [1.807, 2.05) is 24.3 Å². The molecular formula is C24H27F2N. The summed E-state index contributed by atoms with van der Waals surface area (Å²) in [4.78, 5) is 0. The van der Waals surface area contributed by atoms with Gasteiger partial charge in [0.2, 0.25) is 0 Å². The Morgan fingerprint density at radius 3 is 2.63 bits per heavy atom. The number of nitrogens with zero attached hydrogens (tertiary/aromatic N) is 1. The summed E-state index contributed by atoms with van der Waals surface area (Å²) < 4.78 is 29.0. The molecule has 0 aromatic heterocycles. The number of unbranched alkanes of at least 4 members (excludes halogenated alkanes) is 4. The van der Waals surface area contributed by atoms with E-state index in [-0.39, 0.29) is 17.3 Å². The number of benzene rings is 2. The van der Waals surface area contributed by atoms with Gasteiger partial charge in [0.15, 0.2) is 0 Å². The molecule has 0 heterocycles. The second-order valence-corrected chi connectivity index (χ2v) is 7.64. The Kier molecular flexibility index (Phi) is 6.61. The van der Waals surface area contributed by atoms with E-state index >= 15 is 0 Å². The van der Waals surface area contributed by atoms with Crippen LogP contribution in [0.5, 0.6) is 0 Å². The summed E-state index contributed by atoms with van der Waals surface area (Å²) in [7, 11) is 0. The number of aryl methyl sites for hydroxylation is 1. The van der Waals surface area contributed by atoms with Crippen molar-refractivity contribution >= 4 is 0 Å². The van der Waals surface area contributed by atoms with Crippen molar-refractivity contribution in [2.45, 2.75) is 70.6 Å². The Morgan fingerprint density at radius 1 is 1.07 bits per heavy atom. The molecule has 1 aliphatic carbocycles. The molecule has 1 aliphatic rings. The molecule has 3 heteroatoms. The van der Waals surface area contributed by atoms with Crippen LogP contribution in [0.4, 0.5) is 8.78 Å². The maximum absolute atomic E-state index is 14.7. The van der Waals surface area contributed by atoms with E-state index in [1.165, 1.54) is 31.7 Å². The zero-order chi connectivity index (χ0) is 19.2. The van der Waals surface area contributed by atoms with Gasteiger partial charge in [0.25, 0.3) is 0 Å². The molecule has 0 amide bonds. The van der Waals surface area contributed by atoms with Crippen LogP contribution in [0.2, 0.25) is 0 Å². The summed E-state index contributed by atoms with van der Waals surface area (Å²) >= 11 is 0. The topological polar surface area (TPSA) is 23.8 Å². The molecule has 3 rings (SSSR count). The van der Waals surface area contributed by atoms with Gasteiger partial charge < -0.3 is 0 Å². The first kappa shape index (κ1) is 19.5. The Labute approximate surface area is 161 Å². The van der Waals surface area contributed by atoms with Crippen LogP contribution in [0, 0.1) is 23.0 Å². The van der Waals surface area contributed by atoms with E-state index in [4.69, 9.17) is 5.26 Å². The maximum atomic E-state index is 14.7. The number of halogens is 2. The van der Waals surface area contributed by atoms with Crippen molar-refractivity contribution in [2.75, 3.05) is 0 Å². The lowest BCUT2D eigenvalue weighted by Gasteiger charge is -2.26. The van der Waals surface area contributed by atoms with Crippen LogP contribution in [0.1, 0.15) is 79.2 Å². The van der Waals surface area contributed by atoms with Gasteiger partial charge in [-0.15, -0.1) is 0 Å². The minimum atomic E-state index is -0.396. The van der Waals surface area contributed by atoms with Crippen molar-refractivity contribution in [1.29, 1.82) is 5.26 Å². The lowest BCUT2D eigenvalue weighted by molar-refractivity contribution is 0.513. The Bertz CT molecular complexity index is 835. The van der Waals surface area contributed by atoms with E-state index < -0.39 is 5.82 Å². The van der Waals surface area contributed by atoms with Crippen molar-refractivity contribution in [1.82, 2.24) is 0 Å². The zero-order valence-electron chi connectivity index (χ0n) is 16.0. The quantitative estimate of drug-likeness (QED) is 0.504. The minimum absolute atomic E-state index is 0.0726. The lowest BCUT2D eigenvalue weighted by atomic mass is 9.79. The summed E-state index contributed by atoms with van der Waals surface area (Å²) in [6.07, 6.45) is 8.89. The van der Waals surface area contributed by atoms with E-state index in [0.717, 1.165) is 29.5 Å². The first-order valence-electron chi connectivity index (χ1n) is 10.1. The summed E-state index contributed by atoms with van der Waals surface area (Å²) in [6.45, 7) is 2.20. The van der Waals surface area contributed by atoms with Gasteiger partial charge in [-0.1, -0.05) is 50.8 Å². The van der Waals surface area contributed by atoms with Crippen molar-refractivity contribution < 1.29 is 8.78 Å². The molecule has 1 atom stereocenters. The zero-order valence-corrected chi connectivity index (χ0v) is 16.0. The van der Waals surface area contributed by atoms with Gasteiger partial charge in [-0.25, -0.2) is 8.78 Å². The molecule has 142 valence electrons. The molecule has 0 spiro atoms. The van der Waals surface area contributed by atoms with Crippen LogP contribution < -0.4 is 0 Å². The molecule has 1 unspecified atom stereocenters. The average molecular weight is 367 g/mol. The predicted molar refractivity (Wildman–Crippen MR) is 105 cm³/mol. The molecule has 0 radical (unpaired) electrons. The smallest absolute Gasteiger partial charge is 0.144 e. The largest absolute Gasteiger partial charge is 0.207 e. The van der Waals surface area contributed by atoms with Gasteiger partial charge in [-0.05, 0) is 72.4 Å². The highest BCUT2D eigenvalue weighted by molar-refractivity contribution is 5.43. The van der Waals surface area contributed by atoms with E-state index in [0.29, 0.717) is 24.8 Å². The van der Waals surface area contributed by atoms with Crippen LogP contribution in [-0.4, -0.2) is 0 Å². The number of rotatable bonds is 7. The molecule has 0 aliphatic heterocycles. The standard InChI is InChI=1S/C24H27F2N/c1-2-3-4-5-6-7-17-8-12-21(23(25)14-17)18-11-13-22-19(15-18)9-10-20(16-27)24(22)26/h8-10,12,14,18H,2-7,11,13,15H2,1H3. The molecule has 27 heavy (non-hydrogen) atoms. The first-order chi connectivity index (χ1) is 13.1. The fourth-order valence-electron chi connectivity index (χ4n) is 4.15. The normalized spacial score (nSPS) is 16.0. The molecular weight excluding hydrogens is 340 g/mol. The summed E-state index contributed by atoms with van der Waals surface area (Å²) in [6, 6.07) is 10.9. The fraction of sp³-hybridized carbons (Fsp3) is 0.458. The molecule has 0 bridgehead atoms. The molecule has 0 saturated heterocycles. The van der Waals surface area contributed by atoms with Gasteiger partial charge in [0.05, 0.1) is 5.56 Å². The molecule has 2 aromatic rings. The highest BCUT2D eigenvalue weighted by atomic mass is 19.1. The SMILES string of the molecule is CCCCCCCc1ccc(C2CCc3c(ccc(C#N)c3F)C2)c(F)c1. The highest BCUT2D eigenvalue weighted by Crippen LogP contribution is 2.36. The van der Waals surface area contributed by atoms with Crippen LogP contribution in [0.3, 0.4) is 0 Å². The molecule has 0 fully saturated rings. The van der Waals surface area contributed by atoms with E-state index in [2.05, 4.69) is 6.92 Å². The highest BCUT2D eigenvalue weighted by Gasteiger charge is 2.25. The van der Waals surface area contributed by atoms with E-state index in [9.17, 15) is 8.78 Å². The number of fused-ring (bicyclic) bond motifs is 1. The third-order valence-corrected chi connectivity index (χ3v) is 5.74. The number of nitriles is 1. The first-order valence-corrected chi connectivity index (χ1v) is 10.1. The molecule has 2 aromatic carbocycles. The summed E-state index contributed by atoms with van der Waals surface area (Å²) in [5.74, 6) is -0.459. The third-order valence-electron chi connectivity index (χ3n) is 5.74. The number of hydrogen-bond donors (Lipinski definition) is 0. The van der Waals surface area contributed by atoms with Gasteiger partial charge in [-0.2, -0.15) is 5.26 Å². The Hall–Kier alpha value is -2.21. The van der Waals surface area contributed by atoms with Crippen LogP contribution >= 0.6 is 0 Å². The van der Waals surface area contributed by atoms with Crippen molar-refractivity contribution in [3.8, 4) is 6.07 Å². The third kappa shape index (κ3) is 4.56. The van der Waals surface area contributed by atoms with Gasteiger partial charge >= 0.3 is 0 Å². The van der Waals surface area contributed by atoms with Gasteiger partial charge in [-0.3, -0.25) is 0 Å². The Morgan fingerprint density at radius 2 is 1.89 bits per heavy atom. The molecule has 0 N–H and O–H groups in total. The van der Waals surface area contributed by atoms with Crippen molar-refractivity contribution in [3.63, 3.8) is 0 Å². The molecule has 1 nitrogen and oxygen atoms in total.